The summed E-state index contributed by atoms with van der Waals surface area (Å²) in [5, 5.41) is 11.3. The molecular weight excluding hydrogens is 868 g/mol. The summed E-state index contributed by atoms with van der Waals surface area (Å²) in [5.41, 5.74) is 11.7. The van der Waals surface area contributed by atoms with E-state index in [4.69, 9.17) is 18.5 Å². The molecule has 66 heavy (non-hydrogen) atoms. The fourth-order valence-electron chi connectivity index (χ4n) is 9.57. The lowest BCUT2D eigenvalue weighted by atomic mass is 9.90. The molecule has 0 aliphatic carbocycles. The molecule has 0 radical (unpaired) electrons. The van der Waals surface area contributed by atoms with Crippen LogP contribution in [0.25, 0.3) is 21.9 Å². The second kappa shape index (κ2) is 27.2. The Labute approximate surface area is 407 Å². The van der Waals surface area contributed by atoms with Crippen molar-refractivity contribution in [2.75, 3.05) is 67.6 Å². The SMILES string of the molecule is CCOCc1ccc2c(CCC3CCN(Cc4ccccc4)CC3)noc2c1CN(C)C.CCOCc1ccc2c(CCC3CCN(Cc4ccccc4)CC3)noc2c1CN(C)C.Cl.Cl. The highest BCUT2D eigenvalue weighted by molar-refractivity contribution is 5.86. The van der Waals surface area contributed by atoms with Gasteiger partial charge in [0.25, 0.3) is 0 Å². The van der Waals surface area contributed by atoms with Crippen LogP contribution in [0.4, 0.5) is 0 Å². The number of ether oxygens (including phenoxy) is 2. The predicted octanol–water partition coefficient (Wildman–Crippen LogP) is 11.4. The topological polar surface area (TPSA) is 83.5 Å². The first-order valence-corrected chi connectivity index (χ1v) is 24.0. The Hall–Kier alpha value is -3.84. The minimum atomic E-state index is 0. The van der Waals surface area contributed by atoms with Crippen molar-refractivity contribution >= 4 is 46.8 Å². The van der Waals surface area contributed by atoms with Crippen LogP contribution in [0.5, 0.6) is 0 Å². The monoisotopic (exact) mass is 943 g/mol. The van der Waals surface area contributed by atoms with Crippen molar-refractivity contribution in [3.8, 4) is 0 Å². The zero-order valence-corrected chi connectivity index (χ0v) is 42.1. The third kappa shape index (κ3) is 15.1. The molecule has 8 rings (SSSR count). The molecule has 6 aromatic rings. The van der Waals surface area contributed by atoms with Crippen molar-refractivity contribution in [3.63, 3.8) is 0 Å². The highest BCUT2D eigenvalue weighted by atomic mass is 35.5. The molecule has 0 atom stereocenters. The fourth-order valence-corrected chi connectivity index (χ4v) is 9.57. The first-order valence-electron chi connectivity index (χ1n) is 24.0. The van der Waals surface area contributed by atoms with Crippen LogP contribution in [0, 0.1) is 11.8 Å². The lowest BCUT2D eigenvalue weighted by Gasteiger charge is -2.32. The van der Waals surface area contributed by atoms with Gasteiger partial charge in [0.05, 0.1) is 24.6 Å². The number of benzene rings is 4. The molecule has 0 bridgehead atoms. The second-order valence-corrected chi connectivity index (χ2v) is 18.7. The number of hydrogen-bond acceptors (Lipinski definition) is 10. The summed E-state index contributed by atoms with van der Waals surface area (Å²) >= 11 is 0. The fraction of sp³-hybridized carbons (Fsp3) is 0.519. The summed E-state index contributed by atoms with van der Waals surface area (Å²) in [5.74, 6) is 1.54. The van der Waals surface area contributed by atoms with Crippen molar-refractivity contribution < 1.29 is 18.5 Å². The van der Waals surface area contributed by atoms with Crippen LogP contribution in [-0.2, 0) is 61.7 Å². The first-order chi connectivity index (χ1) is 31.3. The molecule has 2 aliphatic rings. The molecule has 2 saturated heterocycles. The number of aryl methyl sites for hydroxylation is 2. The van der Waals surface area contributed by atoms with Gasteiger partial charge in [0.15, 0.2) is 11.2 Å². The van der Waals surface area contributed by atoms with E-state index in [-0.39, 0.29) is 24.8 Å². The van der Waals surface area contributed by atoms with E-state index in [0.29, 0.717) is 26.4 Å². The zero-order valence-electron chi connectivity index (χ0n) is 40.5. The van der Waals surface area contributed by atoms with Gasteiger partial charge in [0.1, 0.15) is 0 Å². The van der Waals surface area contributed by atoms with Gasteiger partial charge in [-0.3, -0.25) is 9.80 Å². The van der Waals surface area contributed by atoms with E-state index < -0.39 is 0 Å². The number of rotatable bonds is 20. The van der Waals surface area contributed by atoms with E-state index >= 15 is 0 Å². The van der Waals surface area contributed by atoms with Crippen LogP contribution in [0.2, 0.25) is 0 Å². The number of fused-ring (bicyclic) bond motifs is 2. The molecule has 10 nitrogen and oxygen atoms in total. The van der Waals surface area contributed by atoms with Crippen molar-refractivity contribution in [3.05, 3.63) is 130 Å². The molecule has 2 aliphatic heterocycles. The molecule has 360 valence electrons. The van der Waals surface area contributed by atoms with Gasteiger partial charge < -0.3 is 28.3 Å². The normalized spacial score (nSPS) is 15.3. The summed E-state index contributed by atoms with van der Waals surface area (Å²) in [7, 11) is 8.35. The van der Waals surface area contributed by atoms with Gasteiger partial charge in [-0.2, -0.15) is 0 Å². The lowest BCUT2D eigenvalue weighted by Crippen LogP contribution is -2.33. The van der Waals surface area contributed by atoms with Crippen LogP contribution in [0.15, 0.2) is 94.0 Å². The van der Waals surface area contributed by atoms with Crippen LogP contribution < -0.4 is 0 Å². The Morgan fingerprint density at radius 2 is 0.924 bits per heavy atom. The van der Waals surface area contributed by atoms with Gasteiger partial charge in [0.2, 0.25) is 0 Å². The zero-order chi connectivity index (χ0) is 44.7. The van der Waals surface area contributed by atoms with E-state index in [1.54, 1.807) is 0 Å². The van der Waals surface area contributed by atoms with Gasteiger partial charge in [-0.15, -0.1) is 24.8 Å². The number of hydrogen-bond donors (Lipinski definition) is 0. The maximum atomic E-state index is 5.88. The largest absolute Gasteiger partial charge is 0.377 e. The Morgan fingerprint density at radius 1 is 0.545 bits per heavy atom. The molecular formula is C54H76Cl2N6O4. The van der Waals surface area contributed by atoms with Gasteiger partial charge in [0, 0.05) is 61.3 Å². The molecule has 4 aromatic carbocycles. The van der Waals surface area contributed by atoms with Crippen LogP contribution in [0.3, 0.4) is 0 Å². The molecule has 0 amide bonds. The highest BCUT2D eigenvalue weighted by Gasteiger charge is 2.24. The molecule has 12 heteroatoms. The van der Waals surface area contributed by atoms with Gasteiger partial charge in [-0.1, -0.05) is 83.1 Å². The van der Waals surface area contributed by atoms with Crippen molar-refractivity contribution in [1.82, 2.24) is 29.9 Å². The highest BCUT2D eigenvalue weighted by Crippen LogP contribution is 2.32. The Bertz CT molecular complexity index is 2120. The standard InChI is InChI=1S/2C27H37N3O2.2ClH/c2*1-4-31-20-23-11-12-24-26(28-32-27(24)25(23)19-29(2)3)13-10-21-14-16-30(17-15-21)18-22-8-6-5-7-9-22;;/h2*5-9,11-12,21H,4,10,13-20H2,1-3H3;2*1H. The van der Waals surface area contributed by atoms with Crippen LogP contribution in [-0.4, -0.2) is 97.5 Å². The smallest absolute Gasteiger partial charge is 0.171 e. The van der Waals surface area contributed by atoms with Crippen molar-refractivity contribution in [2.45, 2.75) is 105 Å². The average Bonchev–Trinajstić information content (AvgIpc) is 3.93. The van der Waals surface area contributed by atoms with Gasteiger partial charge in [-0.25, -0.2) is 0 Å². The van der Waals surface area contributed by atoms with Crippen LogP contribution >= 0.6 is 24.8 Å². The van der Waals surface area contributed by atoms with E-state index in [1.807, 2.05) is 13.8 Å². The molecule has 0 spiro atoms. The Balaban J connectivity index is 0.000000240. The van der Waals surface area contributed by atoms with Crippen molar-refractivity contribution in [2.24, 2.45) is 11.8 Å². The summed E-state index contributed by atoms with van der Waals surface area (Å²) < 4.78 is 23.1. The maximum Gasteiger partial charge on any atom is 0.171 e. The lowest BCUT2D eigenvalue weighted by molar-refractivity contribution is 0.133. The van der Waals surface area contributed by atoms with E-state index in [9.17, 15) is 0 Å². The molecule has 2 aromatic heterocycles. The number of nitrogens with zero attached hydrogens (tertiary/aromatic N) is 6. The summed E-state index contributed by atoms with van der Waals surface area (Å²) in [6, 6.07) is 30.4. The number of piperidine rings is 2. The quantitative estimate of drug-likeness (QED) is 0.0738. The van der Waals surface area contributed by atoms with Crippen molar-refractivity contribution in [1.29, 1.82) is 0 Å². The summed E-state index contributed by atoms with van der Waals surface area (Å²) in [6.45, 7) is 15.3. The molecule has 4 heterocycles. The third-order valence-electron chi connectivity index (χ3n) is 13.2. The van der Waals surface area contributed by atoms with E-state index in [1.165, 1.54) is 109 Å². The molecule has 0 N–H and O–H groups in total. The second-order valence-electron chi connectivity index (χ2n) is 18.7. The van der Waals surface area contributed by atoms with Gasteiger partial charge >= 0.3 is 0 Å². The maximum absolute atomic E-state index is 5.88. The van der Waals surface area contributed by atoms with Gasteiger partial charge in [-0.05, 0) is 166 Å². The third-order valence-corrected chi connectivity index (χ3v) is 13.2. The Kier molecular flexibility index (Phi) is 21.9. The predicted molar refractivity (Wildman–Crippen MR) is 273 cm³/mol. The number of likely N-dealkylation sites (tertiary alicyclic amines) is 2. The van der Waals surface area contributed by atoms with E-state index in [0.717, 1.165) is 73.4 Å². The number of halogens is 2. The molecule has 0 unspecified atom stereocenters. The number of aromatic nitrogens is 2. The van der Waals surface area contributed by atoms with E-state index in [2.05, 4.69) is 143 Å². The summed E-state index contributed by atoms with van der Waals surface area (Å²) in [4.78, 5) is 9.53. The average molecular weight is 944 g/mol. The summed E-state index contributed by atoms with van der Waals surface area (Å²) in [6.07, 6.45) is 9.43. The molecule has 2 fully saturated rings. The minimum absolute atomic E-state index is 0. The molecule has 0 saturated carbocycles. The Morgan fingerprint density at radius 3 is 1.27 bits per heavy atom. The minimum Gasteiger partial charge on any atom is -0.377 e. The first kappa shape index (κ1) is 53.1. The van der Waals surface area contributed by atoms with Crippen LogP contribution in [0.1, 0.15) is 97.1 Å².